The SMILES string of the molecule is COCCN(CC(C)C)C(=O)c1cc(N)c(F)cc1Br. The van der Waals surface area contributed by atoms with Crippen molar-refractivity contribution in [2.75, 3.05) is 32.5 Å². The Kier molecular flexibility index (Phi) is 6.42. The van der Waals surface area contributed by atoms with Gasteiger partial charge in [0, 0.05) is 24.7 Å². The molecular formula is C14H20BrFN2O2. The molecular weight excluding hydrogens is 327 g/mol. The minimum atomic E-state index is -0.541. The van der Waals surface area contributed by atoms with Crippen molar-refractivity contribution in [3.8, 4) is 0 Å². The summed E-state index contributed by atoms with van der Waals surface area (Å²) < 4.78 is 18.8. The van der Waals surface area contributed by atoms with Gasteiger partial charge in [0.1, 0.15) is 5.82 Å². The smallest absolute Gasteiger partial charge is 0.255 e. The maximum Gasteiger partial charge on any atom is 0.255 e. The Balaban J connectivity index is 3.01. The first-order valence-electron chi connectivity index (χ1n) is 6.39. The van der Waals surface area contributed by atoms with Crippen LogP contribution in [0.5, 0.6) is 0 Å². The fraction of sp³-hybridized carbons (Fsp3) is 0.500. The van der Waals surface area contributed by atoms with Gasteiger partial charge in [-0.15, -0.1) is 0 Å². The minimum Gasteiger partial charge on any atom is -0.396 e. The van der Waals surface area contributed by atoms with Crippen molar-refractivity contribution >= 4 is 27.5 Å². The standard InChI is InChI=1S/C14H20BrFN2O2/c1-9(2)8-18(4-5-20-3)14(19)10-6-13(17)12(16)7-11(10)15/h6-7,9H,4-5,8,17H2,1-3H3. The number of halogens is 2. The predicted octanol–water partition coefficient (Wildman–Crippen LogP) is 2.92. The summed E-state index contributed by atoms with van der Waals surface area (Å²) in [6.07, 6.45) is 0. The average Bonchev–Trinajstić information content (AvgIpc) is 2.37. The summed E-state index contributed by atoms with van der Waals surface area (Å²) in [5.41, 5.74) is 5.86. The van der Waals surface area contributed by atoms with Gasteiger partial charge in [0.05, 0.1) is 17.9 Å². The summed E-state index contributed by atoms with van der Waals surface area (Å²) in [6.45, 7) is 5.60. The van der Waals surface area contributed by atoms with Gasteiger partial charge in [-0.2, -0.15) is 0 Å². The van der Waals surface area contributed by atoms with Crippen molar-refractivity contribution in [2.45, 2.75) is 13.8 Å². The predicted molar refractivity (Wildman–Crippen MR) is 81.1 cm³/mol. The number of ether oxygens (including phenoxy) is 1. The first-order valence-corrected chi connectivity index (χ1v) is 7.18. The van der Waals surface area contributed by atoms with Crippen LogP contribution in [0.3, 0.4) is 0 Å². The second-order valence-corrected chi connectivity index (χ2v) is 5.85. The lowest BCUT2D eigenvalue weighted by Crippen LogP contribution is -2.37. The number of nitrogens with two attached hydrogens (primary N) is 1. The highest BCUT2D eigenvalue weighted by Gasteiger charge is 2.20. The third kappa shape index (κ3) is 4.45. The van der Waals surface area contributed by atoms with Gasteiger partial charge in [-0.05, 0) is 34.0 Å². The molecule has 2 N–H and O–H groups in total. The van der Waals surface area contributed by atoms with Gasteiger partial charge < -0.3 is 15.4 Å². The quantitative estimate of drug-likeness (QED) is 0.805. The Hall–Kier alpha value is -1.14. The number of hydrogen-bond donors (Lipinski definition) is 1. The van der Waals surface area contributed by atoms with Crippen LogP contribution in [0.25, 0.3) is 0 Å². The monoisotopic (exact) mass is 346 g/mol. The molecule has 0 bridgehead atoms. The lowest BCUT2D eigenvalue weighted by molar-refractivity contribution is 0.0671. The highest BCUT2D eigenvalue weighted by atomic mass is 79.9. The molecule has 0 heterocycles. The van der Waals surface area contributed by atoms with Crippen LogP contribution in [-0.4, -0.2) is 37.6 Å². The first-order chi connectivity index (χ1) is 9.36. The molecule has 0 atom stereocenters. The molecule has 1 aromatic rings. The second-order valence-electron chi connectivity index (χ2n) is 4.99. The Morgan fingerprint density at radius 1 is 1.50 bits per heavy atom. The molecule has 0 aliphatic heterocycles. The molecule has 1 aromatic carbocycles. The van der Waals surface area contributed by atoms with Crippen LogP contribution in [0.1, 0.15) is 24.2 Å². The van der Waals surface area contributed by atoms with E-state index >= 15 is 0 Å². The van der Waals surface area contributed by atoms with Gasteiger partial charge in [0.2, 0.25) is 0 Å². The Bertz CT molecular complexity index is 480. The van der Waals surface area contributed by atoms with Gasteiger partial charge >= 0.3 is 0 Å². The van der Waals surface area contributed by atoms with E-state index in [1.54, 1.807) is 12.0 Å². The molecule has 20 heavy (non-hydrogen) atoms. The van der Waals surface area contributed by atoms with E-state index in [2.05, 4.69) is 15.9 Å². The zero-order valence-electron chi connectivity index (χ0n) is 12.0. The maximum atomic E-state index is 13.3. The summed E-state index contributed by atoms with van der Waals surface area (Å²) in [5, 5.41) is 0. The lowest BCUT2D eigenvalue weighted by Gasteiger charge is -2.25. The van der Waals surface area contributed by atoms with Crippen LogP contribution in [0.4, 0.5) is 10.1 Å². The zero-order chi connectivity index (χ0) is 15.3. The third-order valence-electron chi connectivity index (χ3n) is 2.75. The molecule has 4 nitrogen and oxygen atoms in total. The van der Waals surface area contributed by atoms with Crippen LogP contribution in [0.15, 0.2) is 16.6 Å². The summed E-state index contributed by atoms with van der Waals surface area (Å²) >= 11 is 3.21. The minimum absolute atomic E-state index is 0.0345. The number of benzene rings is 1. The average molecular weight is 347 g/mol. The van der Waals surface area contributed by atoms with E-state index in [0.717, 1.165) is 0 Å². The van der Waals surface area contributed by atoms with E-state index in [0.29, 0.717) is 35.7 Å². The van der Waals surface area contributed by atoms with Crippen molar-refractivity contribution in [3.63, 3.8) is 0 Å². The van der Waals surface area contributed by atoms with E-state index in [1.807, 2.05) is 13.8 Å². The second kappa shape index (κ2) is 7.59. The highest BCUT2D eigenvalue weighted by Crippen LogP contribution is 2.24. The molecule has 1 amide bonds. The van der Waals surface area contributed by atoms with Crippen molar-refractivity contribution in [1.29, 1.82) is 0 Å². The van der Waals surface area contributed by atoms with Crippen LogP contribution in [0.2, 0.25) is 0 Å². The number of amides is 1. The molecule has 1 rings (SSSR count). The number of carbonyl (C=O) groups is 1. The maximum absolute atomic E-state index is 13.3. The van der Waals surface area contributed by atoms with Gasteiger partial charge in [-0.25, -0.2) is 4.39 Å². The van der Waals surface area contributed by atoms with Crippen LogP contribution in [-0.2, 0) is 4.74 Å². The number of anilines is 1. The molecule has 0 unspecified atom stereocenters. The molecule has 6 heteroatoms. The van der Waals surface area contributed by atoms with Crippen molar-refractivity contribution in [3.05, 3.63) is 28.0 Å². The lowest BCUT2D eigenvalue weighted by atomic mass is 10.1. The summed E-state index contributed by atoms with van der Waals surface area (Å²) in [7, 11) is 1.59. The van der Waals surface area contributed by atoms with Crippen molar-refractivity contribution in [2.24, 2.45) is 5.92 Å². The number of rotatable bonds is 6. The van der Waals surface area contributed by atoms with Crippen molar-refractivity contribution in [1.82, 2.24) is 4.90 Å². The topological polar surface area (TPSA) is 55.6 Å². The third-order valence-corrected chi connectivity index (χ3v) is 3.41. The number of carbonyl (C=O) groups excluding carboxylic acids is 1. The Labute approximate surface area is 127 Å². The fourth-order valence-corrected chi connectivity index (χ4v) is 2.30. The summed E-state index contributed by atoms with van der Waals surface area (Å²) in [5.74, 6) is -0.401. The van der Waals surface area contributed by atoms with E-state index in [1.165, 1.54) is 12.1 Å². The molecule has 0 radical (unpaired) electrons. The van der Waals surface area contributed by atoms with Crippen LogP contribution in [0, 0.1) is 11.7 Å². The van der Waals surface area contributed by atoms with Gasteiger partial charge in [-0.3, -0.25) is 4.79 Å². The molecule has 0 spiro atoms. The highest BCUT2D eigenvalue weighted by molar-refractivity contribution is 9.10. The summed E-state index contributed by atoms with van der Waals surface area (Å²) in [6, 6.07) is 2.58. The van der Waals surface area contributed by atoms with Gasteiger partial charge in [0.15, 0.2) is 0 Å². The van der Waals surface area contributed by atoms with Gasteiger partial charge in [0.25, 0.3) is 5.91 Å². The van der Waals surface area contributed by atoms with Gasteiger partial charge in [-0.1, -0.05) is 13.8 Å². The Morgan fingerprint density at radius 3 is 2.70 bits per heavy atom. The van der Waals surface area contributed by atoms with Crippen LogP contribution >= 0.6 is 15.9 Å². The number of hydrogen-bond acceptors (Lipinski definition) is 3. The number of methoxy groups -OCH3 is 1. The molecule has 0 aliphatic rings. The van der Waals surface area contributed by atoms with E-state index in [9.17, 15) is 9.18 Å². The van der Waals surface area contributed by atoms with E-state index < -0.39 is 5.82 Å². The zero-order valence-corrected chi connectivity index (χ0v) is 13.5. The fourth-order valence-electron chi connectivity index (χ4n) is 1.82. The molecule has 0 saturated carbocycles. The normalized spacial score (nSPS) is 10.9. The Morgan fingerprint density at radius 2 is 2.15 bits per heavy atom. The molecule has 0 aromatic heterocycles. The summed E-state index contributed by atoms with van der Waals surface area (Å²) in [4.78, 5) is 14.2. The first kappa shape index (κ1) is 16.9. The van der Waals surface area contributed by atoms with Crippen molar-refractivity contribution < 1.29 is 13.9 Å². The molecule has 0 saturated heterocycles. The molecule has 0 aliphatic carbocycles. The number of nitrogens with zero attached hydrogens (tertiary/aromatic N) is 1. The van der Waals surface area contributed by atoms with Crippen LogP contribution < -0.4 is 5.73 Å². The van der Waals surface area contributed by atoms with E-state index in [-0.39, 0.29) is 11.6 Å². The largest absolute Gasteiger partial charge is 0.396 e. The number of nitrogen functional groups attached to an aromatic ring is 1. The molecule has 0 fully saturated rings. The molecule has 112 valence electrons. The van der Waals surface area contributed by atoms with E-state index in [4.69, 9.17) is 10.5 Å².